The Morgan fingerprint density at radius 1 is 1.32 bits per heavy atom. The van der Waals surface area contributed by atoms with Crippen molar-refractivity contribution in [3.8, 4) is 0 Å². The van der Waals surface area contributed by atoms with Crippen molar-refractivity contribution in [1.82, 2.24) is 4.98 Å². The van der Waals surface area contributed by atoms with Gasteiger partial charge < -0.3 is 5.73 Å². The summed E-state index contributed by atoms with van der Waals surface area (Å²) in [5.41, 5.74) is 6.80. The molecule has 0 saturated carbocycles. The molecule has 1 atom stereocenters. The van der Waals surface area contributed by atoms with Crippen LogP contribution >= 0.6 is 27.3 Å². The van der Waals surface area contributed by atoms with Gasteiger partial charge in [0.2, 0.25) is 0 Å². The van der Waals surface area contributed by atoms with Crippen LogP contribution in [0.5, 0.6) is 0 Å². The van der Waals surface area contributed by atoms with Crippen LogP contribution in [0.15, 0.2) is 22.7 Å². The summed E-state index contributed by atoms with van der Waals surface area (Å²) < 4.78 is 2.37. The van der Waals surface area contributed by atoms with Crippen molar-refractivity contribution >= 4 is 37.5 Å². The number of fused-ring (bicyclic) bond motifs is 1. The second-order valence-corrected chi connectivity index (χ2v) is 7.37. The largest absolute Gasteiger partial charge is 0.330 e. The molecule has 0 saturated heterocycles. The number of halogens is 1. The van der Waals surface area contributed by atoms with Crippen LogP contribution in [0.4, 0.5) is 0 Å². The summed E-state index contributed by atoms with van der Waals surface area (Å²) in [4.78, 5) is 4.72. The molecule has 0 aliphatic rings. The van der Waals surface area contributed by atoms with Crippen molar-refractivity contribution in [3.05, 3.63) is 27.7 Å². The van der Waals surface area contributed by atoms with Crippen molar-refractivity contribution in [3.63, 3.8) is 0 Å². The molecule has 2 rings (SSSR count). The van der Waals surface area contributed by atoms with Crippen LogP contribution in [0.25, 0.3) is 10.2 Å². The molecule has 1 heterocycles. The summed E-state index contributed by atoms with van der Waals surface area (Å²) in [6, 6.07) is 6.31. The highest BCUT2D eigenvalue weighted by atomic mass is 79.9. The molecule has 2 nitrogen and oxygen atoms in total. The summed E-state index contributed by atoms with van der Waals surface area (Å²) in [5, 5.41) is 1.25. The lowest BCUT2D eigenvalue weighted by molar-refractivity contribution is 0.341. The van der Waals surface area contributed by atoms with Gasteiger partial charge >= 0.3 is 0 Å². The van der Waals surface area contributed by atoms with E-state index in [1.807, 2.05) is 11.3 Å². The summed E-state index contributed by atoms with van der Waals surface area (Å²) in [6.45, 7) is 5.36. The molecule has 104 valence electrons. The topological polar surface area (TPSA) is 38.9 Å². The van der Waals surface area contributed by atoms with E-state index >= 15 is 0 Å². The highest BCUT2D eigenvalue weighted by Crippen LogP contribution is 2.28. The zero-order chi connectivity index (χ0) is 13.8. The summed E-state index contributed by atoms with van der Waals surface area (Å²) in [6.07, 6.45) is 3.38. The monoisotopic (exact) mass is 340 g/mol. The fourth-order valence-corrected chi connectivity index (χ4v) is 3.70. The molecular weight excluding hydrogens is 320 g/mol. The van der Waals surface area contributed by atoms with Crippen molar-refractivity contribution in [1.29, 1.82) is 0 Å². The van der Waals surface area contributed by atoms with E-state index in [1.165, 1.54) is 16.1 Å². The second-order valence-electron chi connectivity index (χ2n) is 5.34. The molecule has 1 unspecified atom stereocenters. The van der Waals surface area contributed by atoms with Gasteiger partial charge in [0, 0.05) is 4.47 Å². The number of hydrogen-bond donors (Lipinski definition) is 1. The predicted molar refractivity (Wildman–Crippen MR) is 87.6 cm³/mol. The number of aromatic nitrogens is 1. The Kier molecular flexibility index (Phi) is 5.37. The van der Waals surface area contributed by atoms with Gasteiger partial charge in [0.05, 0.1) is 15.2 Å². The second kappa shape index (κ2) is 6.82. The van der Waals surface area contributed by atoms with Crippen molar-refractivity contribution in [2.75, 3.05) is 6.54 Å². The molecule has 1 aromatic carbocycles. The molecular formula is C15H21BrN2S. The zero-order valence-electron chi connectivity index (χ0n) is 11.5. The fourth-order valence-electron chi connectivity index (χ4n) is 2.39. The third-order valence-corrected chi connectivity index (χ3v) is 5.19. The summed E-state index contributed by atoms with van der Waals surface area (Å²) >= 11 is 5.31. The highest BCUT2D eigenvalue weighted by Gasteiger charge is 2.14. The first kappa shape index (κ1) is 14.9. The van der Waals surface area contributed by atoms with E-state index in [1.54, 1.807) is 0 Å². The Hall–Kier alpha value is -0.450. The lowest BCUT2D eigenvalue weighted by Gasteiger charge is -2.19. The SMILES string of the molecule is CC(C)C(CCN)CCc1nc2cc(Br)ccc2s1. The molecule has 19 heavy (non-hydrogen) atoms. The average Bonchev–Trinajstić information content (AvgIpc) is 2.75. The van der Waals surface area contributed by atoms with Crippen LogP contribution in [-0.4, -0.2) is 11.5 Å². The quantitative estimate of drug-likeness (QED) is 0.833. The number of benzene rings is 1. The van der Waals surface area contributed by atoms with Crippen molar-refractivity contribution in [2.45, 2.75) is 33.1 Å². The first-order valence-electron chi connectivity index (χ1n) is 6.85. The lowest BCUT2D eigenvalue weighted by atomic mass is 9.88. The van der Waals surface area contributed by atoms with Gasteiger partial charge in [0.25, 0.3) is 0 Å². The van der Waals surface area contributed by atoms with Crippen molar-refractivity contribution < 1.29 is 0 Å². The molecule has 0 amide bonds. The first-order valence-corrected chi connectivity index (χ1v) is 8.46. The molecule has 4 heteroatoms. The number of rotatable bonds is 6. The Morgan fingerprint density at radius 3 is 2.79 bits per heavy atom. The van der Waals surface area contributed by atoms with Crippen molar-refractivity contribution in [2.24, 2.45) is 17.6 Å². The van der Waals surface area contributed by atoms with Gasteiger partial charge in [0.1, 0.15) is 0 Å². The summed E-state index contributed by atoms with van der Waals surface area (Å²) in [7, 11) is 0. The highest BCUT2D eigenvalue weighted by molar-refractivity contribution is 9.10. The Morgan fingerprint density at radius 2 is 2.11 bits per heavy atom. The lowest BCUT2D eigenvalue weighted by Crippen LogP contribution is -2.15. The third kappa shape index (κ3) is 4.01. The molecule has 0 aliphatic carbocycles. The van der Waals surface area contributed by atoms with Crippen LogP contribution in [0.2, 0.25) is 0 Å². The molecule has 0 fully saturated rings. The maximum atomic E-state index is 5.70. The van der Waals surface area contributed by atoms with E-state index in [4.69, 9.17) is 10.7 Å². The maximum Gasteiger partial charge on any atom is 0.0938 e. The molecule has 2 aromatic rings. The van der Waals surface area contributed by atoms with Gasteiger partial charge in [-0.25, -0.2) is 4.98 Å². The molecule has 0 aliphatic heterocycles. The van der Waals surface area contributed by atoms with Gasteiger partial charge in [-0.2, -0.15) is 0 Å². The van der Waals surface area contributed by atoms with E-state index in [0.717, 1.165) is 29.4 Å². The van der Waals surface area contributed by atoms with E-state index in [-0.39, 0.29) is 0 Å². The van der Waals surface area contributed by atoms with E-state index in [2.05, 4.69) is 48.0 Å². The zero-order valence-corrected chi connectivity index (χ0v) is 13.9. The van der Waals surface area contributed by atoms with Crippen LogP contribution in [0.1, 0.15) is 31.7 Å². The molecule has 0 spiro atoms. The first-order chi connectivity index (χ1) is 9.10. The van der Waals surface area contributed by atoms with Gasteiger partial charge in [-0.3, -0.25) is 0 Å². The van der Waals surface area contributed by atoms with E-state index in [0.29, 0.717) is 11.8 Å². The Labute approximate surface area is 127 Å². The Balaban J connectivity index is 2.04. The normalized spacial score (nSPS) is 13.3. The molecule has 0 bridgehead atoms. The van der Waals surface area contributed by atoms with Gasteiger partial charge in [-0.15, -0.1) is 11.3 Å². The molecule has 1 aromatic heterocycles. The van der Waals surface area contributed by atoms with Gasteiger partial charge in [-0.05, 0) is 55.8 Å². The number of nitrogens with zero attached hydrogens (tertiary/aromatic N) is 1. The maximum absolute atomic E-state index is 5.70. The third-order valence-electron chi connectivity index (χ3n) is 3.60. The van der Waals surface area contributed by atoms with Crippen LogP contribution < -0.4 is 5.73 Å². The van der Waals surface area contributed by atoms with Gasteiger partial charge in [-0.1, -0.05) is 29.8 Å². The molecule has 0 radical (unpaired) electrons. The number of nitrogens with two attached hydrogens (primary N) is 1. The number of hydrogen-bond acceptors (Lipinski definition) is 3. The minimum atomic E-state index is 0.701. The smallest absolute Gasteiger partial charge is 0.0938 e. The van der Waals surface area contributed by atoms with Crippen LogP contribution in [0, 0.1) is 11.8 Å². The van der Waals surface area contributed by atoms with Crippen LogP contribution in [0.3, 0.4) is 0 Å². The minimum absolute atomic E-state index is 0.701. The van der Waals surface area contributed by atoms with E-state index in [9.17, 15) is 0 Å². The summed E-state index contributed by atoms with van der Waals surface area (Å²) in [5.74, 6) is 1.41. The minimum Gasteiger partial charge on any atom is -0.330 e. The average molecular weight is 341 g/mol. The molecule has 2 N–H and O–H groups in total. The van der Waals surface area contributed by atoms with Crippen LogP contribution in [-0.2, 0) is 6.42 Å². The Bertz CT molecular complexity index is 536. The fraction of sp³-hybridized carbons (Fsp3) is 0.533. The predicted octanol–water partition coefficient (Wildman–Crippen LogP) is 4.61. The van der Waals surface area contributed by atoms with Gasteiger partial charge in [0.15, 0.2) is 0 Å². The number of thiazole rings is 1. The van der Waals surface area contributed by atoms with E-state index < -0.39 is 0 Å². The number of aryl methyl sites for hydroxylation is 1. The standard InChI is InChI=1S/C15H21BrN2S/c1-10(2)11(7-8-17)3-6-15-18-13-9-12(16)4-5-14(13)19-15/h4-5,9-11H,3,6-8,17H2,1-2H3.